The van der Waals surface area contributed by atoms with Crippen molar-refractivity contribution in [2.45, 2.75) is 39.9 Å². The molecular weight excluding hydrogens is 286 g/mol. The summed E-state index contributed by atoms with van der Waals surface area (Å²) in [5, 5.41) is 18.2. The lowest BCUT2D eigenvalue weighted by atomic mass is 10.2. The summed E-state index contributed by atoms with van der Waals surface area (Å²) in [7, 11) is 0. The van der Waals surface area contributed by atoms with E-state index in [0.29, 0.717) is 11.4 Å². The number of carbonyl (C=O) groups is 1. The number of aliphatic hydroxyl groups is 1. The molecule has 0 aliphatic carbocycles. The van der Waals surface area contributed by atoms with Crippen LogP contribution in [0.1, 0.15) is 32.2 Å². The molecule has 7 nitrogen and oxygen atoms in total. The molecule has 0 aliphatic rings. The fraction of sp³-hybridized carbons (Fsp3) is 0.400. The Balaban J connectivity index is 2.96. The average Bonchev–Trinajstić information content (AvgIpc) is 2.77. The Kier molecular flexibility index (Phi) is 5.35. The maximum Gasteiger partial charge on any atom is 0.463 e. The molecule has 0 aliphatic heterocycles. The third kappa shape index (κ3) is 4.38. The van der Waals surface area contributed by atoms with Crippen molar-refractivity contribution in [1.82, 2.24) is 4.57 Å². The van der Waals surface area contributed by atoms with Gasteiger partial charge in [0.1, 0.15) is 12.2 Å². The molecule has 0 saturated carbocycles. The van der Waals surface area contributed by atoms with Gasteiger partial charge < -0.3 is 14.6 Å². The van der Waals surface area contributed by atoms with Crippen LogP contribution in [0, 0.1) is 12.3 Å². The van der Waals surface area contributed by atoms with Crippen LogP contribution in [0.2, 0.25) is 0 Å². The highest BCUT2D eigenvalue weighted by molar-refractivity contribution is 5.73. The van der Waals surface area contributed by atoms with Gasteiger partial charge in [-0.2, -0.15) is 0 Å². The van der Waals surface area contributed by atoms with E-state index in [4.69, 9.17) is 14.9 Å². The van der Waals surface area contributed by atoms with E-state index in [9.17, 15) is 9.90 Å². The Morgan fingerprint density at radius 2 is 2.14 bits per heavy atom. The first-order valence-electron chi connectivity index (χ1n) is 6.63. The van der Waals surface area contributed by atoms with E-state index in [0.717, 1.165) is 6.08 Å². The SMILES string of the molecule is C=C/C([N+]#N)=C(\O)OCc1ccc(C)n1C(=O)OC(C)(C)C. The number of hydrogen-bond acceptors (Lipinski definition) is 5. The van der Waals surface area contributed by atoms with E-state index in [2.05, 4.69) is 11.6 Å². The van der Waals surface area contributed by atoms with Gasteiger partial charge in [0.25, 0.3) is 0 Å². The van der Waals surface area contributed by atoms with Crippen molar-refractivity contribution in [1.29, 1.82) is 5.39 Å². The van der Waals surface area contributed by atoms with Gasteiger partial charge in [-0.15, -0.1) is 0 Å². The number of carbonyl (C=O) groups excluding carboxylic acids is 1. The topological polar surface area (TPSA) is 88.8 Å². The van der Waals surface area contributed by atoms with Crippen molar-refractivity contribution < 1.29 is 19.4 Å². The second-order valence-corrected chi connectivity index (χ2v) is 5.56. The molecular formula is C15H20N3O4+. The van der Waals surface area contributed by atoms with Gasteiger partial charge in [-0.05, 0) is 39.8 Å². The Morgan fingerprint density at radius 3 is 2.64 bits per heavy atom. The van der Waals surface area contributed by atoms with Crippen molar-refractivity contribution >= 4 is 6.09 Å². The van der Waals surface area contributed by atoms with Gasteiger partial charge >= 0.3 is 17.7 Å². The van der Waals surface area contributed by atoms with Crippen molar-refractivity contribution in [3.63, 3.8) is 0 Å². The molecule has 1 heterocycles. The van der Waals surface area contributed by atoms with E-state index in [-0.39, 0.29) is 12.3 Å². The molecule has 1 rings (SSSR count). The number of rotatable bonds is 4. The molecule has 1 N–H and O–H groups in total. The lowest BCUT2D eigenvalue weighted by Crippen LogP contribution is -2.28. The average molecular weight is 306 g/mol. The van der Waals surface area contributed by atoms with Gasteiger partial charge in [0.2, 0.25) is 5.39 Å². The van der Waals surface area contributed by atoms with Crippen molar-refractivity contribution in [3.8, 4) is 0 Å². The Labute approximate surface area is 129 Å². The third-order valence-corrected chi connectivity index (χ3v) is 2.61. The van der Waals surface area contributed by atoms with Gasteiger partial charge in [-0.1, -0.05) is 6.58 Å². The second-order valence-electron chi connectivity index (χ2n) is 5.56. The smallest absolute Gasteiger partial charge is 0.463 e. The molecule has 0 spiro atoms. The summed E-state index contributed by atoms with van der Waals surface area (Å²) in [6.07, 6.45) is 0.598. The number of ether oxygens (including phenoxy) is 2. The van der Waals surface area contributed by atoms with Crippen LogP contribution < -0.4 is 0 Å². The molecule has 1 aromatic heterocycles. The summed E-state index contributed by atoms with van der Waals surface area (Å²) in [5.74, 6) is -0.591. The van der Waals surface area contributed by atoms with Crippen molar-refractivity contribution in [2.75, 3.05) is 0 Å². The predicted molar refractivity (Wildman–Crippen MR) is 80.5 cm³/mol. The van der Waals surface area contributed by atoms with Crippen LogP contribution in [0.3, 0.4) is 0 Å². The third-order valence-electron chi connectivity index (χ3n) is 2.61. The van der Waals surface area contributed by atoms with Gasteiger partial charge in [0.05, 0.1) is 5.69 Å². The first-order valence-corrected chi connectivity index (χ1v) is 6.63. The quantitative estimate of drug-likeness (QED) is 0.518. The van der Waals surface area contributed by atoms with E-state index in [1.807, 2.05) is 0 Å². The van der Waals surface area contributed by atoms with E-state index >= 15 is 0 Å². The normalized spacial score (nSPS) is 12.1. The van der Waals surface area contributed by atoms with E-state index in [1.165, 1.54) is 4.57 Å². The summed E-state index contributed by atoms with van der Waals surface area (Å²) in [5.41, 5.74) is 0.332. The minimum Gasteiger partial charge on any atom is -0.475 e. The summed E-state index contributed by atoms with van der Waals surface area (Å²) < 4.78 is 11.8. The number of aromatic nitrogens is 1. The molecule has 0 bridgehead atoms. The zero-order valence-corrected chi connectivity index (χ0v) is 13.2. The maximum atomic E-state index is 12.2. The van der Waals surface area contributed by atoms with Crippen molar-refractivity contribution in [3.05, 3.63) is 52.8 Å². The fourth-order valence-corrected chi connectivity index (χ4v) is 1.66. The van der Waals surface area contributed by atoms with Gasteiger partial charge in [-0.3, -0.25) is 4.57 Å². The van der Waals surface area contributed by atoms with E-state index in [1.54, 1.807) is 39.8 Å². The zero-order valence-electron chi connectivity index (χ0n) is 13.2. The molecule has 0 radical (unpaired) electrons. The highest BCUT2D eigenvalue weighted by Crippen LogP contribution is 2.16. The monoisotopic (exact) mass is 306 g/mol. The van der Waals surface area contributed by atoms with Crippen molar-refractivity contribution in [2.24, 2.45) is 0 Å². The molecule has 118 valence electrons. The predicted octanol–water partition coefficient (Wildman–Crippen LogP) is 3.86. The number of hydrogen-bond donors (Lipinski definition) is 1. The van der Waals surface area contributed by atoms with Gasteiger partial charge in [-0.25, -0.2) is 4.79 Å². The highest BCUT2D eigenvalue weighted by Gasteiger charge is 2.22. The summed E-state index contributed by atoms with van der Waals surface area (Å²) in [4.78, 5) is 15.0. The minimum absolute atomic E-state index is 0.105. The van der Waals surface area contributed by atoms with Crippen LogP contribution in [-0.2, 0) is 16.1 Å². The fourth-order valence-electron chi connectivity index (χ4n) is 1.66. The molecule has 0 atom stereocenters. The number of nitrogens with zero attached hydrogens (tertiary/aromatic N) is 3. The summed E-state index contributed by atoms with van der Waals surface area (Å²) in [6.45, 7) is 10.3. The van der Waals surface area contributed by atoms with Crippen LogP contribution in [0.15, 0.2) is 36.4 Å². The minimum atomic E-state index is -0.625. The molecule has 0 fully saturated rings. The Bertz CT molecular complexity index is 645. The first-order chi connectivity index (χ1) is 10.2. The molecule has 0 amide bonds. The highest BCUT2D eigenvalue weighted by atomic mass is 16.6. The molecule has 7 heteroatoms. The number of diazo groups is 1. The molecule has 22 heavy (non-hydrogen) atoms. The summed E-state index contributed by atoms with van der Waals surface area (Å²) in [6, 6.07) is 3.41. The standard InChI is InChI=1S/C15H19N3O4/c1-6-12(17-16)13(19)21-9-11-8-7-10(2)18(11)14(20)22-15(3,4)5/h6-8H,1,9H2,2-5H3/p+1/b13-12-. The van der Waals surface area contributed by atoms with Crippen LogP contribution in [0.4, 0.5) is 4.79 Å². The Hall–Kier alpha value is -2.75. The summed E-state index contributed by atoms with van der Waals surface area (Å²) >= 11 is 0. The van der Waals surface area contributed by atoms with E-state index < -0.39 is 17.6 Å². The molecule has 0 saturated heterocycles. The molecule has 1 aromatic rings. The van der Waals surface area contributed by atoms with Crippen LogP contribution >= 0.6 is 0 Å². The van der Waals surface area contributed by atoms with Gasteiger partial charge in [0.15, 0.2) is 4.98 Å². The van der Waals surface area contributed by atoms with Crippen LogP contribution in [0.5, 0.6) is 0 Å². The zero-order chi connectivity index (χ0) is 16.9. The lowest BCUT2D eigenvalue weighted by Gasteiger charge is -2.21. The van der Waals surface area contributed by atoms with Crippen LogP contribution in [-0.4, -0.2) is 21.4 Å². The molecule has 0 unspecified atom stereocenters. The second kappa shape index (κ2) is 6.80. The largest absolute Gasteiger partial charge is 0.475 e. The first kappa shape index (κ1) is 17.3. The van der Waals surface area contributed by atoms with Gasteiger partial charge in [0, 0.05) is 11.8 Å². The maximum absolute atomic E-state index is 12.2. The number of aliphatic hydroxyl groups excluding tert-OH is 1. The molecule has 0 aromatic carbocycles. The Morgan fingerprint density at radius 1 is 1.50 bits per heavy atom. The number of allylic oxidation sites excluding steroid dienone is 1. The number of aryl methyl sites for hydroxylation is 1. The van der Waals surface area contributed by atoms with Crippen LogP contribution in [0.25, 0.3) is 4.98 Å². The lowest BCUT2D eigenvalue weighted by molar-refractivity contribution is 0.0487.